The van der Waals surface area contributed by atoms with Crippen molar-refractivity contribution >= 4 is 11.8 Å². The van der Waals surface area contributed by atoms with Crippen molar-refractivity contribution in [3.63, 3.8) is 0 Å². The fourth-order valence-electron chi connectivity index (χ4n) is 2.54. The second kappa shape index (κ2) is 8.75. The van der Waals surface area contributed by atoms with E-state index in [4.69, 9.17) is 20.3 Å². The standard InChI is InChI=1S/C19H19F3N2O4/c1-11(23)27-18(24)10-16(25)13-5-3-4-12(8-13)15-7-6-14(9-17(15)26-2)28-19(20,21)22/h3-9,16,23-25H,10H2,1-2H3. The number of hydrogen-bond donors (Lipinski definition) is 3. The van der Waals surface area contributed by atoms with Crippen LogP contribution in [0.25, 0.3) is 11.1 Å². The maximum Gasteiger partial charge on any atom is 0.573 e. The van der Waals surface area contributed by atoms with Gasteiger partial charge < -0.3 is 19.3 Å². The molecule has 9 heteroatoms. The maximum absolute atomic E-state index is 12.4. The van der Waals surface area contributed by atoms with E-state index in [1.165, 1.54) is 26.2 Å². The topological polar surface area (TPSA) is 95.6 Å². The zero-order chi connectivity index (χ0) is 20.9. The molecule has 0 aromatic heterocycles. The van der Waals surface area contributed by atoms with Gasteiger partial charge in [0, 0.05) is 18.6 Å². The van der Waals surface area contributed by atoms with E-state index in [0.717, 1.165) is 6.07 Å². The van der Waals surface area contributed by atoms with Crippen LogP contribution in [-0.4, -0.2) is 30.4 Å². The quantitative estimate of drug-likeness (QED) is 0.488. The largest absolute Gasteiger partial charge is 0.573 e. The first-order chi connectivity index (χ1) is 13.1. The molecule has 2 aromatic rings. The van der Waals surface area contributed by atoms with Gasteiger partial charge in [-0.15, -0.1) is 13.2 Å². The van der Waals surface area contributed by atoms with Crippen molar-refractivity contribution in [3.05, 3.63) is 48.0 Å². The van der Waals surface area contributed by atoms with Gasteiger partial charge in [0.05, 0.1) is 19.6 Å². The van der Waals surface area contributed by atoms with Crippen LogP contribution in [0.2, 0.25) is 0 Å². The molecule has 0 aliphatic carbocycles. The monoisotopic (exact) mass is 396 g/mol. The van der Waals surface area contributed by atoms with Crippen LogP contribution in [0.5, 0.6) is 11.5 Å². The van der Waals surface area contributed by atoms with E-state index >= 15 is 0 Å². The summed E-state index contributed by atoms with van der Waals surface area (Å²) in [5.74, 6) is -0.644. The van der Waals surface area contributed by atoms with E-state index in [2.05, 4.69) is 4.74 Å². The lowest BCUT2D eigenvalue weighted by Crippen LogP contribution is -2.17. The molecule has 0 aliphatic rings. The molecule has 1 unspecified atom stereocenters. The molecule has 0 spiro atoms. The zero-order valence-electron chi connectivity index (χ0n) is 15.1. The third-order valence-corrected chi connectivity index (χ3v) is 3.64. The molecule has 0 radical (unpaired) electrons. The number of methoxy groups -OCH3 is 1. The van der Waals surface area contributed by atoms with Crippen molar-refractivity contribution in [1.82, 2.24) is 0 Å². The van der Waals surface area contributed by atoms with Crippen LogP contribution in [0, 0.1) is 10.8 Å². The van der Waals surface area contributed by atoms with E-state index in [-0.39, 0.29) is 24.0 Å². The SMILES string of the molecule is COc1cc(OC(F)(F)F)ccc1-c1cccc(C(O)CC(=N)OC(C)=N)c1. The van der Waals surface area contributed by atoms with E-state index in [9.17, 15) is 18.3 Å². The summed E-state index contributed by atoms with van der Waals surface area (Å²) >= 11 is 0. The summed E-state index contributed by atoms with van der Waals surface area (Å²) in [6.45, 7) is 1.37. The highest BCUT2D eigenvalue weighted by atomic mass is 19.4. The minimum Gasteiger partial charge on any atom is -0.496 e. The number of aliphatic hydroxyl groups excluding tert-OH is 1. The molecule has 0 heterocycles. The summed E-state index contributed by atoms with van der Waals surface area (Å²) in [5, 5.41) is 25.1. The Balaban J connectivity index is 2.27. The van der Waals surface area contributed by atoms with Crippen LogP contribution >= 0.6 is 0 Å². The number of nitrogens with one attached hydrogen (secondary N) is 2. The zero-order valence-corrected chi connectivity index (χ0v) is 15.1. The first-order valence-electron chi connectivity index (χ1n) is 8.11. The van der Waals surface area contributed by atoms with Gasteiger partial charge in [0.15, 0.2) is 11.8 Å². The van der Waals surface area contributed by atoms with E-state index < -0.39 is 18.2 Å². The highest BCUT2D eigenvalue weighted by Crippen LogP contribution is 2.36. The van der Waals surface area contributed by atoms with Crippen LogP contribution in [0.4, 0.5) is 13.2 Å². The summed E-state index contributed by atoms with van der Waals surface area (Å²) in [7, 11) is 1.33. The molecule has 28 heavy (non-hydrogen) atoms. The van der Waals surface area contributed by atoms with Gasteiger partial charge in [-0.25, -0.2) is 0 Å². The fraction of sp³-hybridized carbons (Fsp3) is 0.263. The van der Waals surface area contributed by atoms with Gasteiger partial charge >= 0.3 is 6.36 Å². The Hall–Kier alpha value is -3.07. The Kier molecular flexibility index (Phi) is 6.63. The number of hydrogen-bond acceptors (Lipinski definition) is 6. The molecule has 2 aromatic carbocycles. The average Bonchev–Trinajstić information content (AvgIpc) is 2.59. The van der Waals surface area contributed by atoms with Crippen molar-refractivity contribution in [2.24, 2.45) is 0 Å². The summed E-state index contributed by atoms with van der Waals surface area (Å²) in [6.07, 6.45) is -5.99. The number of alkyl halides is 3. The van der Waals surface area contributed by atoms with Gasteiger partial charge in [-0.2, -0.15) is 0 Å². The Morgan fingerprint density at radius 1 is 1.14 bits per heavy atom. The molecule has 1 atom stereocenters. The molecule has 3 N–H and O–H groups in total. The van der Waals surface area contributed by atoms with E-state index in [1.54, 1.807) is 24.3 Å². The van der Waals surface area contributed by atoms with Gasteiger partial charge in [-0.1, -0.05) is 18.2 Å². The highest BCUT2D eigenvalue weighted by Gasteiger charge is 2.31. The van der Waals surface area contributed by atoms with Gasteiger partial charge in [0.2, 0.25) is 0 Å². The Morgan fingerprint density at radius 3 is 2.46 bits per heavy atom. The second-order valence-electron chi connectivity index (χ2n) is 5.84. The van der Waals surface area contributed by atoms with Crippen LogP contribution in [-0.2, 0) is 4.74 Å². The lowest BCUT2D eigenvalue weighted by molar-refractivity contribution is -0.274. The highest BCUT2D eigenvalue weighted by molar-refractivity contribution is 5.87. The van der Waals surface area contributed by atoms with Crippen molar-refractivity contribution < 1.29 is 32.5 Å². The van der Waals surface area contributed by atoms with E-state index in [0.29, 0.717) is 16.7 Å². The van der Waals surface area contributed by atoms with Crippen LogP contribution < -0.4 is 9.47 Å². The molecule has 0 amide bonds. The summed E-state index contributed by atoms with van der Waals surface area (Å²) < 4.78 is 51.1. The second-order valence-corrected chi connectivity index (χ2v) is 5.84. The predicted molar refractivity (Wildman–Crippen MR) is 96.9 cm³/mol. The normalized spacial score (nSPS) is 12.2. The number of halogens is 3. The lowest BCUT2D eigenvalue weighted by Gasteiger charge is -2.15. The van der Waals surface area contributed by atoms with Crippen molar-refractivity contribution in [3.8, 4) is 22.6 Å². The summed E-state index contributed by atoms with van der Waals surface area (Å²) in [4.78, 5) is 0. The van der Waals surface area contributed by atoms with Gasteiger partial charge in [0.25, 0.3) is 0 Å². The van der Waals surface area contributed by atoms with Crippen LogP contribution in [0.1, 0.15) is 25.0 Å². The van der Waals surface area contributed by atoms with E-state index in [1.807, 2.05) is 0 Å². The summed E-state index contributed by atoms with van der Waals surface area (Å²) in [6, 6.07) is 10.4. The number of rotatable bonds is 6. The minimum absolute atomic E-state index is 0.130. The molecule has 2 rings (SSSR count). The van der Waals surface area contributed by atoms with Crippen molar-refractivity contribution in [2.45, 2.75) is 25.8 Å². The molecule has 6 nitrogen and oxygen atoms in total. The summed E-state index contributed by atoms with van der Waals surface area (Å²) in [5.41, 5.74) is 1.58. The third kappa shape index (κ3) is 5.98. The average molecular weight is 396 g/mol. The first kappa shape index (κ1) is 21.2. The molecule has 150 valence electrons. The van der Waals surface area contributed by atoms with Gasteiger partial charge in [0.1, 0.15) is 11.5 Å². The molecular weight excluding hydrogens is 377 g/mol. The van der Waals surface area contributed by atoms with Crippen molar-refractivity contribution in [2.75, 3.05) is 7.11 Å². The lowest BCUT2D eigenvalue weighted by atomic mass is 9.98. The number of ether oxygens (including phenoxy) is 3. The van der Waals surface area contributed by atoms with Crippen LogP contribution in [0.3, 0.4) is 0 Å². The maximum atomic E-state index is 12.4. The minimum atomic E-state index is -4.81. The number of benzene rings is 2. The molecular formula is C19H19F3N2O4. The van der Waals surface area contributed by atoms with Crippen LogP contribution in [0.15, 0.2) is 42.5 Å². The van der Waals surface area contributed by atoms with Gasteiger partial charge in [-0.3, -0.25) is 10.8 Å². The Bertz CT molecular complexity index is 868. The molecule has 0 saturated carbocycles. The molecule has 0 fully saturated rings. The van der Waals surface area contributed by atoms with Crippen molar-refractivity contribution in [1.29, 1.82) is 10.8 Å². The fourth-order valence-corrected chi connectivity index (χ4v) is 2.54. The number of aliphatic hydroxyl groups is 1. The smallest absolute Gasteiger partial charge is 0.496 e. The Morgan fingerprint density at radius 2 is 1.86 bits per heavy atom. The van der Waals surface area contributed by atoms with Gasteiger partial charge in [-0.05, 0) is 29.3 Å². The molecule has 0 bridgehead atoms. The predicted octanol–water partition coefficient (Wildman–Crippen LogP) is 4.68. The molecule has 0 aliphatic heterocycles. The molecule has 0 saturated heterocycles. The first-order valence-corrected chi connectivity index (χ1v) is 8.11. The third-order valence-electron chi connectivity index (χ3n) is 3.64. The Labute approximate surface area is 159 Å².